The molecular weight excluding hydrogens is 260 g/mol. The lowest BCUT2D eigenvalue weighted by Crippen LogP contribution is -2.12. The largest absolute Gasteiger partial charge is 0.370 e. The van der Waals surface area contributed by atoms with Gasteiger partial charge < -0.3 is 10.6 Å². The number of nitrogens with one attached hydrogen (secondary N) is 2. The Balaban J connectivity index is 2.15. The van der Waals surface area contributed by atoms with Crippen LogP contribution in [-0.4, -0.2) is 16.5 Å². The van der Waals surface area contributed by atoms with Crippen molar-refractivity contribution in [3.05, 3.63) is 47.8 Å². The summed E-state index contributed by atoms with van der Waals surface area (Å²) < 4.78 is 0. The van der Waals surface area contributed by atoms with Gasteiger partial charge in [-0.25, -0.2) is 9.97 Å². The van der Waals surface area contributed by atoms with Crippen molar-refractivity contribution in [3.63, 3.8) is 0 Å². The number of benzene rings is 1. The molecule has 2 N–H and O–H groups in total. The second kappa shape index (κ2) is 7.62. The molecule has 0 aliphatic heterocycles. The van der Waals surface area contributed by atoms with Crippen LogP contribution in [0.4, 0.5) is 11.6 Å². The van der Waals surface area contributed by atoms with E-state index in [1.165, 1.54) is 5.56 Å². The fourth-order valence-electron chi connectivity index (χ4n) is 2.27. The Bertz CT molecular complexity index is 554. The van der Waals surface area contributed by atoms with Crippen molar-refractivity contribution in [3.8, 4) is 0 Å². The Morgan fingerprint density at radius 1 is 1.05 bits per heavy atom. The zero-order chi connectivity index (χ0) is 15.1. The highest BCUT2D eigenvalue weighted by molar-refractivity contribution is 5.48. The molecule has 112 valence electrons. The van der Waals surface area contributed by atoms with E-state index < -0.39 is 0 Å². The maximum atomic E-state index is 4.49. The highest BCUT2D eigenvalue weighted by Crippen LogP contribution is 2.22. The number of nitrogens with zero attached hydrogens (tertiary/aromatic N) is 2. The van der Waals surface area contributed by atoms with Crippen LogP contribution in [-0.2, 0) is 0 Å². The third-order valence-corrected chi connectivity index (χ3v) is 3.33. The summed E-state index contributed by atoms with van der Waals surface area (Å²) in [6, 6.07) is 12.7. The normalized spacial score (nSPS) is 12.0. The summed E-state index contributed by atoms with van der Waals surface area (Å²) in [5, 5.41) is 6.83. The topological polar surface area (TPSA) is 49.8 Å². The van der Waals surface area contributed by atoms with E-state index in [0.717, 1.165) is 36.8 Å². The van der Waals surface area contributed by atoms with E-state index >= 15 is 0 Å². The van der Waals surface area contributed by atoms with Gasteiger partial charge in [0.1, 0.15) is 17.5 Å². The summed E-state index contributed by atoms with van der Waals surface area (Å²) in [6.07, 6.45) is 2.08. The van der Waals surface area contributed by atoms with Gasteiger partial charge in [0.2, 0.25) is 0 Å². The van der Waals surface area contributed by atoms with Crippen molar-refractivity contribution in [2.75, 3.05) is 17.2 Å². The minimum absolute atomic E-state index is 0.263. The first kappa shape index (κ1) is 15.3. The molecule has 1 aromatic heterocycles. The van der Waals surface area contributed by atoms with Crippen molar-refractivity contribution < 1.29 is 0 Å². The Labute approximate surface area is 127 Å². The van der Waals surface area contributed by atoms with E-state index in [1.54, 1.807) is 0 Å². The monoisotopic (exact) mass is 284 g/mol. The van der Waals surface area contributed by atoms with Gasteiger partial charge in [-0.1, -0.05) is 44.2 Å². The van der Waals surface area contributed by atoms with E-state index in [4.69, 9.17) is 0 Å². The molecule has 4 heteroatoms. The number of hydrogen-bond donors (Lipinski definition) is 2. The molecule has 21 heavy (non-hydrogen) atoms. The van der Waals surface area contributed by atoms with Crippen LogP contribution in [0.2, 0.25) is 0 Å². The van der Waals surface area contributed by atoms with Crippen LogP contribution in [0.3, 0.4) is 0 Å². The predicted molar refractivity (Wildman–Crippen MR) is 88.6 cm³/mol. The quantitative estimate of drug-likeness (QED) is 0.801. The Hall–Kier alpha value is -2.10. The highest BCUT2D eigenvalue weighted by Gasteiger charge is 2.10. The maximum Gasteiger partial charge on any atom is 0.132 e. The van der Waals surface area contributed by atoms with E-state index in [1.807, 2.05) is 19.1 Å². The maximum absolute atomic E-state index is 4.49. The van der Waals surface area contributed by atoms with Gasteiger partial charge in [0.15, 0.2) is 0 Å². The Morgan fingerprint density at radius 3 is 2.43 bits per heavy atom. The third kappa shape index (κ3) is 4.45. The number of hydrogen-bond acceptors (Lipinski definition) is 4. The van der Waals surface area contributed by atoms with E-state index in [2.05, 4.69) is 58.7 Å². The zero-order valence-electron chi connectivity index (χ0n) is 13.1. The van der Waals surface area contributed by atoms with Crippen LogP contribution in [0, 0.1) is 6.92 Å². The van der Waals surface area contributed by atoms with Gasteiger partial charge in [0, 0.05) is 12.6 Å². The summed E-state index contributed by atoms with van der Waals surface area (Å²) in [7, 11) is 0. The molecule has 0 saturated carbocycles. The summed E-state index contributed by atoms with van der Waals surface area (Å²) in [5.41, 5.74) is 1.28. The van der Waals surface area contributed by atoms with Gasteiger partial charge in [0.25, 0.3) is 0 Å². The molecule has 1 aromatic carbocycles. The third-order valence-electron chi connectivity index (χ3n) is 3.33. The summed E-state index contributed by atoms with van der Waals surface area (Å²) in [6.45, 7) is 7.16. The van der Waals surface area contributed by atoms with E-state index in [0.29, 0.717) is 0 Å². The fraction of sp³-hybridized carbons (Fsp3) is 0.412. The number of aromatic nitrogens is 2. The molecule has 1 unspecified atom stereocenters. The lowest BCUT2D eigenvalue weighted by atomic mass is 10.0. The molecule has 2 rings (SSSR count). The Morgan fingerprint density at radius 2 is 1.76 bits per heavy atom. The first-order valence-corrected chi connectivity index (χ1v) is 7.64. The van der Waals surface area contributed by atoms with Crippen LogP contribution in [0.1, 0.15) is 44.1 Å². The lowest BCUT2D eigenvalue weighted by Gasteiger charge is -2.19. The SMILES string of the molecule is CCCNc1cc(NC(CC)c2ccccc2)nc(C)n1. The minimum Gasteiger partial charge on any atom is -0.370 e. The number of aryl methyl sites for hydroxylation is 1. The molecule has 0 saturated heterocycles. The molecule has 0 amide bonds. The number of anilines is 2. The van der Waals surface area contributed by atoms with Crippen LogP contribution in [0.15, 0.2) is 36.4 Å². The van der Waals surface area contributed by atoms with Crippen LogP contribution < -0.4 is 10.6 Å². The summed E-state index contributed by atoms with van der Waals surface area (Å²) in [4.78, 5) is 8.91. The van der Waals surface area contributed by atoms with Crippen LogP contribution >= 0.6 is 0 Å². The van der Waals surface area contributed by atoms with E-state index in [9.17, 15) is 0 Å². The molecule has 0 radical (unpaired) electrons. The molecule has 0 spiro atoms. The van der Waals surface area contributed by atoms with Gasteiger partial charge in [0.05, 0.1) is 6.04 Å². The second-order valence-electron chi connectivity index (χ2n) is 5.13. The molecule has 0 fully saturated rings. The smallest absolute Gasteiger partial charge is 0.132 e. The number of rotatable bonds is 7. The summed E-state index contributed by atoms with van der Waals surface area (Å²) >= 11 is 0. The van der Waals surface area contributed by atoms with Crippen molar-refractivity contribution in [1.29, 1.82) is 0 Å². The lowest BCUT2D eigenvalue weighted by molar-refractivity contribution is 0.742. The average Bonchev–Trinajstić information content (AvgIpc) is 2.51. The van der Waals surface area contributed by atoms with Crippen molar-refractivity contribution in [2.45, 2.75) is 39.7 Å². The predicted octanol–water partition coefficient (Wildman–Crippen LogP) is 4.17. The van der Waals surface area contributed by atoms with Crippen molar-refractivity contribution in [1.82, 2.24) is 9.97 Å². The van der Waals surface area contributed by atoms with Gasteiger partial charge in [-0.15, -0.1) is 0 Å². The van der Waals surface area contributed by atoms with Gasteiger partial charge in [-0.2, -0.15) is 0 Å². The minimum atomic E-state index is 0.263. The summed E-state index contributed by atoms with van der Waals surface area (Å²) in [5.74, 6) is 2.54. The first-order valence-electron chi connectivity index (χ1n) is 7.64. The zero-order valence-corrected chi connectivity index (χ0v) is 13.1. The average molecular weight is 284 g/mol. The standard InChI is InChI=1S/C17H24N4/c1-4-11-18-16-12-17(20-13(3)19-16)21-15(5-2)14-9-7-6-8-10-14/h6-10,12,15H,4-5,11H2,1-3H3,(H2,18,19,20,21). The van der Waals surface area contributed by atoms with Crippen LogP contribution in [0.25, 0.3) is 0 Å². The molecule has 0 bridgehead atoms. The van der Waals surface area contributed by atoms with Crippen molar-refractivity contribution in [2.24, 2.45) is 0 Å². The highest BCUT2D eigenvalue weighted by atomic mass is 15.1. The van der Waals surface area contributed by atoms with Crippen molar-refractivity contribution >= 4 is 11.6 Å². The second-order valence-corrected chi connectivity index (χ2v) is 5.13. The Kier molecular flexibility index (Phi) is 5.55. The molecule has 1 heterocycles. The molecule has 1 atom stereocenters. The van der Waals surface area contributed by atoms with Gasteiger partial charge >= 0.3 is 0 Å². The first-order chi connectivity index (χ1) is 10.2. The van der Waals surface area contributed by atoms with Crippen LogP contribution in [0.5, 0.6) is 0 Å². The molecular formula is C17H24N4. The molecule has 4 nitrogen and oxygen atoms in total. The molecule has 0 aliphatic carbocycles. The van der Waals surface area contributed by atoms with Gasteiger partial charge in [-0.3, -0.25) is 0 Å². The molecule has 2 aromatic rings. The van der Waals surface area contributed by atoms with Gasteiger partial charge in [-0.05, 0) is 25.3 Å². The molecule has 0 aliphatic rings. The fourth-order valence-corrected chi connectivity index (χ4v) is 2.27. The van der Waals surface area contributed by atoms with E-state index in [-0.39, 0.29) is 6.04 Å².